The third kappa shape index (κ3) is 4.63. The highest BCUT2D eigenvalue weighted by molar-refractivity contribution is 7.09. The fourth-order valence-corrected chi connectivity index (χ4v) is 5.39. The van der Waals surface area contributed by atoms with Gasteiger partial charge in [0.2, 0.25) is 11.8 Å². The Hall–Kier alpha value is -5.16. The molecule has 1 unspecified atom stereocenters. The summed E-state index contributed by atoms with van der Waals surface area (Å²) in [5.74, 6) is -1.16. The van der Waals surface area contributed by atoms with Crippen molar-refractivity contribution in [2.45, 2.75) is 19.0 Å². The molecular formula is C29H20N4O6S. The van der Waals surface area contributed by atoms with Crippen molar-refractivity contribution in [1.82, 2.24) is 9.88 Å². The third-order valence-electron chi connectivity index (χ3n) is 6.64. The molecule has 11 heteroatoms. The zero-order chi connectivity index (χ0) is 27.8. The minimum absolute atomic E-state index is 0.0622. The van der Waals surface area contributed by atoms with Gasteiger partial charge in [0.05, 0.1) is 23.6 Å². The van der Waals surface area contributed by atoms with E-state index in [0.29, 0.717) is 28.2 Å². The molecule has 6 rings (SSSR count). The van der Waals surface area contributed by atoms with Crippen LogP contribution in [0.25, 0.3) is 22.6 Å². The average Bonchev–Trinajstić information content (AvgIpc) is 3.71. The molecule has 0 bridgehead atoms. The maximum atomic E-state index is 13.6. The van der Waals surface area contributed by atoms with E-state index in [-0.39, 0.29) is 24.2 Å². The monoisotopic (exact) mass is 552 g/mol. The van der Waals surface area contributed by atoms with Gasteiger partial charge in [-0.15, -0.1) is 11.3 Å². The van der Waals surface area contributed by atoms with E-state index >= 15 is 0 Å². The number of anilines is 1. The number of hydrogen-bond acceptors (Lipinski definition) is 8. The van der Waals surface area contributed by atoms with E-state index in [4.69, 9.17) is 4.42 Å². The van der Waals surface area contributed by atoms with Crippen LogP contribution in [0.5, 0.6) is 0 Å². The van der Waals surface area contributed by atoms with Gasteiger partial charge in [0, 0.05) is 28.1 Å². The summed E-state index contributed by atoms with van der Waals surface area (Å²) in [5, 5.41) is 13.1. The Balaban J connectivity index is 1.29. The highest BCUT2D eigenvalue weighted by atomic mass is 32.1. The second-order valence-corrected chi connectivity index (χ2v) is 10.2. The summed E-state index contributed by atoms with van der Waals surface area (Å²) >= 11 is 1.40. The number of imide groups is 1. The average molecular weight is 553 g/mol. The molecule has 2 aromatic heterocycles. The first-order chi connectivity index (χ1) is 19.4. The van der Waals surface area contributed by atoms with E-state index in [2.05, 4.69) is 4.98 Å². The minimum atomic E-state index is -1.07. The standard InChI is InChI=1S/C29H20N4O6S/c34-26-16-24(31(17-22-7-4-14-40-22)28(35)19-5-3-6-21(15-19)33(37)38)29(36)32(26)20-12-10-18(11-13-20)27-30-23-8-1-2-9-25(23)39-27/h1-15,24H,16-17H2. The molecule has 0 aliphatic carbocycles. The largest absolute Gasteiger partial charge is 0.436 e. The normalized spacial score (nSPS) is 15.1. The summed E-state index contributed by atoms with van der Waals surface area (Å²) in [6.07, 6.45) is -0.211. The van der Waals surface area contributed by atoms with Gasteiger partial charge in [0.25, 0.3) is 17.5 Å². The summed E-state index contributed by atoms with van der Waals surface area (Å²) in [7, 11) is 0. The zero-order valence-electron chi connectivity index (χ0n) is 20.8. The Morgan fingerprint density at radius 2 is 1.85 bits per heavy atom. The van der Waals surface area contributed by atoms with Gasteiger partial charge in [0.15, 0.2) is 5.58 Å². The van der Waals surface area contributed by atoms with Crippen LogP contribution in [0.3, 0.4) is 0 Å². The van der Waals surface area contributed by atoms with Crippen molar-refractivity contribution in [2.24, 2.45) is 0 Å². The van der Waals surface area contributed by atoms with E-state index in [1.165, 1.54) is 40.5 Å². The van der Waals surface area contributed by atoms with Crippen molar-refractivity contribution in [1.29, 1.82) is 0 Å². The molecular weight excluding hydrogens is 532 g/mol. The molecule has 3 aromatic carbocycles. The molecule has 0 saturated carbocycles. The van der Waals surface area contributed by atoms with Crippen LogP contribution >= 0.6 is 11.3 Å². The van der Waals surface area contributed by atoms with Gasteiger partial charge >= 0.3 is 0 Å². The predicted octanol–water partition coefficient (Wildman–Crippen LogP) is 5.44. The van der Waals surface area contributed by atoms with E-state index in [0.717, 1.165) is 9.78 Å². The maximum absolute atomic E-state index is 13.6. The lowest BCUT2D eigenvalue weighted by Crippen LogP contribution is -2.45. The van der Waals surface area contributed by atoms with Crippen LogP contribution in [0.15, 0.2) is 94.7 Å². The molecule has 198 valence electrons. The molecule has 5 aromatic rings. The van der Waals surface area contributed by atoms with Crippen molar-refractivity contribution in [3.63, 3.8) is 0 Å². The number of carbonyl (C=O) groups is 3. The van der Waals surface area contributed by atoms with Crippen molar-refractivity contribution < 1.29 is 23.7 Å². The summed E-state index contributed by atoms with van der Waals surface area (Å²) < 4.78 is 5.81. The smallest absolute Gasteiger partial charge is 0.270 e. The second-order valence-electron chi connectivity index (χ2n) is 9.14. The van der Waals surface area contributed by atoms with E-state index in [1.54, 1.807) is 24.3 Å². The number of fused-ring (bicyclic) bond motifs is 1. The first-order valence-electron chi connectivity index (χ1n) is 12.3. The minimum Gasteiger partial charge on any atom is -0.436 e. The summed E-state index contributed by atoms with van der Waals surface area (Å²) in [4.78, 5) is 58.7. The van der Waals surface area contributed by atoms with Gasteiger partial charge in [-0.05, 0) is 53.9 Å². The quantitative estimate of drug-likeness (QED) is 0.149. The number of rotatable bonds is 7. The molecule has 3 heterocycles. The van der Waals surface area contributed by atoms with Gasteiger partial charge in [-0.2, -0.15) is 0 Å². The number of nitro benzene ring substituents is 1. The van der Waals surface area contributed by atoms with Crippen molar-refractivity contribution in [3.05, 3.63) is 111 Å². The van der Waals surface area contributed by atoms with Crippen LogP contribution in [0, 0.1) is 10.1 Å². The fourth-order valence-electron chi connectivity index (χ4n) is 4.69. The number of para-hydroxylation sites is 2. The maximum Gasteiger partial charge on any atom is 0.270 e. The Kier molecular flexibility index (Phi) is 6.40. The van der Waals surface area contributed by atoms with Crippen molar-refractivity contribution in [2.75, 3.05) is 4.90 Å². The number of nitrogens with zero attached hydrogens (tertiary/aromatic N) is 4. The lowest BCUT2D eigenvalue weighted by atomic mass is 10.1. The Bertz CT molecular complexity index is 1730. The number of hydrogen-bond donors (Lipinski definition) is 0. The number of thiophene rings is 1. The summed E-state index contributed by atoms with van der Waals surface area (Å²) in [6, 6.07) is 22.0. The molecule has 3 amide bonds. The molecule has 1 aliphatic heterocycles. The molecule has 0 N–H and O–H groups in total. The van der Waals surface area contributed by atoms with Crippen LogP contribution in [-0.4, -0.2) is 38.6 Å². The van der Waals surface area contributed by atoms with Crippen LogP contribution < -0.4 is 4.90 Å². The number of amides is 3. The molecule has 40 heavy (non-hydrogen) atoms. The van der Waals surface area contributed by atoms with Crippen LogP contribution in [0.2, 0.25) is 0 Å². The highest BCUT2D eigenvalue weighted by Crippen LogP contribution is 2.31. The zero-order valence-corrected chi connectivity index (χ0v) is 21.6. The number of carbonyl (C=O) groups excluding carboxylic acids is 3. The first kappa shape index (κ1) is 25.1. The van der Waals surface area contributed by atoms with Gasteiger partial charge < -0.3 is 9.32 Å². The van der Waals surface area contributed by atoms with Crippen molar-refractivity contribution in [3.8, 4) is 11.5 Å². The van der Waals surface area contributed by atoms with Gasteiger partial charge in [-0.3, -0.25) is 24.5 Å². The molecule has 1 aliphatic rings. The van der Waals surface area contributed by atoms with E-state index < -0.39 is 28.7 Å². The highest BCUT2D eigenvalue weighted by Gasteiger charge is 2.44. The molecule has 1 saturated heterocycles. The van der Waals surface area contributed by atoms with E-state index in [9.17, 15) is 24.5 Å². The molecule has 0 radical (unpaired) electrons. The Labute approximate surface area is 231 Å². The third-order valence-corrected chi connectivity index (χ3v) is 7.50. The Morgan fingerprint density at radius 1 is 1.05 bits per heavy atom. The van der Waals surface area contributed by atoms with Gasteiger partial charge in [0.1, 0.15) is 11.6 Å². The molecule has 0 spiro atoms. The number of oxazole rings is 1. The SMILES string of the molecule is O=C1CC(N(Cc2cccs2)C(=O)c2cccc([N+](=O)[O-])c2)C(=O)N1c1ccc(-c2nc3ccccc3o2)cc1. The summed E-state index contributed by atoms with van der Waals surface area (Å²) in [5.41, 5.74) is 2.22. The fraction of sp³-hybridized carbons (Fsp3) is 0.103. The number of benzene rings is 3. The van der Waals surface area contributed by atoms with E-state index in [1.807, 2.05) is 41.8 Å². The summed E-state index contributed by atoms with van der Waals surface area (Å²) in [6.45, 7) is 0.0768. The van der Waals surface area contributed by atoms with Crippen LogP contribution in [0.4, 0.5) is 11.4 Å². The Morgan fingerprint density at radius 3 is 2.58 bits per heavy atom. The van der Waals surface area contributed by atoms with Crippen LogP contribution in [-0.2, 0) is 16.1 Å². The van der Waals surface area contributed by atoms with Gasteiger partial charge in [-0.25, -0.2) is 9.88 Å². The van der Waals surface area contributed by atoms with Crippen molar-refractivity contribution >= 4 is 51.5 Å². The molecule has 1 atom stereocenters. The number of aromatic nitrogens is 1. The second kappa shape index (κ2) is 10.2. The molecule has 1 fully saturated rings. The first-order valence-corrected chi connectivity index (χ1v) is 13.2. The molecule has 10 nitrogen and oxygen atoms in total. The topological polar surface area (TPSA) is 127 Å². The lowest BCUT2D eigenvalue weighted by Gasteiger charge is -2.27. The lowest BCUT2D eigenvalue weighted by molar-refractivity contribution is -0.384. The van der Waals surface area contributed by atoms with Crippen LogP contribution in [0.1, 0.15) is 21.7 Å². The number of non-ortho nitro benzene ring substituents is 1. The number of nitro groups is 1. The van der Waals surface area contributed by atoms with Gasteiger partial charge in [-0.1, -0.05) is 24.3 Å². The predicted molar refractivity (Wildman–Crippen MR) is 148 cm³/mol.